The van der Waals surface area contributed by atoms with Crippen molar-refractivity contribution in [3.63, 3.8) is 0 Å². The van der Waals surface area contributed by atoms with Gasteiger partial charge in [-0.05, 0) is 18.9 Å². The molecule has 7 nitrogen and oxygen atoms in total. The molecule has 2 rings (SSSR count). The summed E-state index contributed by atoms with van der Waals surface area (Å²) in [7, 11) is 1.51. The number of carbonyl (C=O) groups is 1. The van der Waals surface area contributed by atoms with E-state index in [4.69, 9.17) is 4.74 Å². The number of hydrogen-bond acceptors (Lipinski definition) is 6. The number of aliphatic hydroxyl groups excluding tert-OH is 1. The third-order valence-electron chi connectivity index (χ3n) is 3.24. The lowest BCUT2D eigenvalue weighted by atomic mass is 10.2. The highest BCUT2D eigenvalue weighted by Gasteiger charge is 2.32. The van der Waals surface area contributed by atoms with E-state index in [-0.39, 0.29) is 25.1 Å². The topological polar surface area (TPSA) is 87.6 Å². The third-order valence-corrected chi connectivity index (χ3v) is 3.24. The molecule has 1 aliphatic heterocycles. The fourth-order valence-corrected chi connectivity index (χ4v) is 2.31. The van der Waals surface area contributed by atoms with Gasteiger partial charge in [0.25, 0.3) is 0 Å². The normalized spacial score (nSPS) is 19.9. The van der Waals surface area contributed by atoms with Crippen LogP contribution in [0.5, 0.6) is 0 Å². The molecule has 0 saturated carbocycles. The zero-order valence-electron chi connectivity index (χ0n) is 11.5. The summed E-state index contributed by atoms with van der Waals surface area (Å²) < 4.78 is 4.82. The smallest absolute Gasteiger partial charge is 0.242 e. The summed E-state index contributed by atoms with van der Waals surface area (Å²) in [5, 5.41) is 12.3. The van der Waals surface area contributed by atoms with E-state index in [2.05, 4.69) is 15.3 Å². The minimum absolute atomic E-state index is 0.106. The van der Waals surface area contributed by atoms with Crippen LogP contribution in [0.3, 0.4) is 0 Å². The first-order valence-corrected chi connectivity index (χ1v) is 6.70. The minimum Gasteiger partial charge on any atom is -0.389 e. The van der Waals surface area contributed by atoms with E-state index in [0.717, 1.165) is 19.4 Å². The molecule has 2 heterocycles. The second-order valence-electron chi connectivity index (χ2n) is 4.75. The Morgan fingerprint density at radius 3 is 3.05 bits per heavy atom. The van der Waals surface area contributed by atoms with Gasteiger partial charge in [-0.15, -0.1) is 0 Å². The molecule has 0 aliphatic carbocycles. The summed E-state index contributed by atoms with van der Waals surface area (Å²) >= 11 is 0. The van der Waals surface area contributed by atoms with Crippen molar-refractivity contribution < 1.29 is 14.6 Å². The zero-order valence-corrected chi connectivity index (χ0v) is 11.5. The van der Waals surface area contributed by atoms with Gasteiger partial charge in [-0.1, -0.05) is 0 Å². The van der Waals surface area contributed by atoms with Crippen LogP contribution in [0, 0.1) is 0 Å². The van der Waals surface area contributed by atoms with Crippen molar-refractivity contribution in [1.29, 1.82) is 0 Å². The maximum atomic E-state index is 12.2. The summed E-state index contributed by atoms with van der Waals surface area (Å²) in [5.74, 6) is 0.465. The number of amides is 1. The Morgan fingerprint density at radius 2 is 2.35 bits per heavy atom. The van der Waals surface area contributed by atoms with Crippen LogP contribution >= 0.6 is 0 Å². The van der Waals surface area contributed by atoms with E-state index in [1.807, 2.05) is 4.90 Å². The van der Waals surface area contributed by atoms with Gasteiger partial charge in [-0.25, -0.2) is 9.97 Å². The molecule has 0 aromatic carbocycles. The molecule has 1 fully saturated rings. The lowest BCUT2D eigenvalue weighted by Crippen LogP contribution is -2.46. The Hall–Kier alpha value is -1.73. The Balaban J connectivity index is 1.92. The standard InChI is InChI=1S/C13H20N4O3/c1-20-9-10(18)8-16-12(19)11-4-2-7-17(11)13-14-5-3-6-15-13/h3,5-6,10-11,18H,2,4,7-9H2,1H3,(H,16,19). The lowest BCUT2D eigenvalue weighted by Gasteiger charge is -2.24. The molecule has 7 heteroatoms. The zero-order chi connectivity index (χ0) is 14.4. The molecule has 1 aromatic heterocycles. The number of carbonyl (C=O) groups excluding carboxylic acids is 1. The Kier molecular flexibility index (Phi) is 5.25. The first kappa shape index (κ1) is 14.7. The van der Waals surface area contributed by atoms with Crippen molar-refractivity contribution in [1.82, 2.24) is 15.3 Å². The number of methoxy groups -OCH3 is 1. The molecule has 0 spiro atoms. The monoisotopic (exact) mass is 280 g/mol. The number of aliphatic hydroxyl groups is 1. The predicted octanol–water partition coefficient (Wildman–Crippen LogP) is -0.431. The Labute approximate surface area is 118 Å². The average Bonchev–Trinajstić information content (AvgIpc) is 2.95. The molecule has 0 bridgehead atoms. The first-order chi connectivity index (χ1) is 9.72. The van der Waals surface area contributed by atoms with Gasteiger partial charge < -0.3 is 20.1 Å². The fraction of sp³-hybridized carbons (Fsp3) is 0.615. The first-order valence-electron chi connectivity index (χ1n) is 6.70. The Morgan fingerprint density at radius 1 is 1.60 bits per heavy atom. The van der Waals surface area contributed by atoms with Gasteiger partial charge in [-0.3, -0.25) is 4.79 Å². The van der Waals surface area contributed by atoms with Crippen molar-refractivity contribution >= 4 is 11.9 Å². The van der Waals surface area contributed by atoms with E-state index in [1.54, 1.807) is 18.5 Å². The average molecular weight is 280 g/mol. The van der Waals surface area contributed by atoms with Crippen LogP contribution in [0.25, 0.3) is 0 Å². The van der Waals surface area contributed by atoms with Crippen LogP contribution in [-0.4, -0.2) is 59.9 Å². The van der Waals surface area contributed by atoms with Crippen molar-refractivity contribution in [3.05, 3.63) is 18.5 Å². The number of hydrogen-bond donors (Lipinski definition) is 2. The van der Waals surface area contributed by atoms with Crippen molar-refractivity contribution in [3.8, 4) is 0 Å². The van der Waals surface area contributed by atoms with E-state index >= 15 is 0 Å². The van der Waals surface area contributed by atoms with Gasteiger partial charge in [0.15, 0.2) is 0 Å². The fourth-order valence-electron chi connectivity index (χ4n) is 2.31. The minimum atomic E-state index is -0.688. The lowest BCUT2D eigenvalue weighted by molar-refractivity contribution is -0.122. The van der Waals surface area contributed by atoms with Gasteiger partial charge in [0.05, 0.1) is 12.7 Å². The second kappa shape index (κ2) is 7.16. The third kappa shape index (κ3) is 3.64. The molecular formula is C13H20N4O3. The van der Waals surface area contributed by atoms with Gasteiger partial charge in [0, 0.05) is 32.6 Å². The predicted molar refractivity (Wildman–Crippen MR) is 73.3 cm³/mol. The second-order valence-corrected chi connectivity index (χ2v) is 4.75. The van der Waals surface area contributed by atoms with Gasteiger partial charge in [0.2, 0.25) is 11.9 Å². The highest BCUT2D eigenvalue weighted by molar-refractivity contribution is 5.85. The van der Waals surface area contributed by atoms with Crippen molar-refractivity contribution in [2.75, 3.05) is 31.7 Å². The number of nitrogens with zero attached hydrogens (tertiary/aromatic N) is 3. The molecule has 1 aliphatic rings. The van der Waals surface area contributed by atoms with Crippen LogP contribution in [0.15, 0.2) is 18.5 Å². The summed E-state index contributed by atoms with van der Waals surface area (Å²) in [5.41, 5.74) is 0. The van der Waals surface area contributed by atoms with Crippen molar-refractivity contribution in [2.24, 2.45) is 0 Å². The van der Waals surface area contributed by atoms with E-state index < -0.39 is 6.10 Å². The molecule has 110 valence electrons. The van der Waals surface area contributed by atoms with E-state index in [1.165, 1.54) is 7.11 Å². The Bertz CT molecular complexity index is 429. The summed E-state index contributed by atoms with van der Waals surface area (Å²) in [6.07, 6.45) is 4.34. The number of rotatable bonds is 6. The highest BCUT2D eigenvalue weighted by atomic mass is 16.5. The maximum Gasteiger partial charge on any atom is 0.242 e. The maximum absolute atomic E-state index is 12.2. The molecule has 1 saturated heterocycles. The molecular weight excluding hydrogens is 260 g/mol. The van der Waals surface area contributed by atoms with Crippen LogP contribution in [0.1, 0.15) is 12.8 Å². The molecule has 2 atom stereocenters. The molecule has 0 radical (unpaired) electrons. The highest BCUT2D eigenvalue weighted by Crippen LogP contribution is 2.21. The molecule has 20 heavy (non-hydrogen) atoms. The van der Waals surface area contributed by atoms with E-state index in [9.17, 15) is 9.90 Å². The summed E-state index contributed by atoms with van der Waals surface area (Å²) in [6.45, 7) is 1.16. The van der Waals surface area contributed by atoms with Gasteiger partial charge in [-0.2, -0.15) is 0 Å². The van der Waals surface area contributed by atoms with Crippen LogP contribution in [-0.2, 0) is 9.53 Å². The van der Waals surface area contributed by atoms with Crippen LogP contribution in [0.2, 0.25) is 0 Å². The van der Waals surface area contributed by atoms with E-state index in [0.29, 0.717) is 5.95 Å². The molecule has 2 N–H and O–H groups in total. The molecule has 2 unspecified atom stereocenters. The van der Waals surface area contributed by atoms with Gasteiger partial charge >= 0.3 is 0 Å². The summed E-state index contributed by atoms with van der Waals surface area (Å²) in [4.78, 5) is 22.4. The number of ether oxygens (including phenoxy) is 1. The number of aromatic nitrogens is 2. The number of anilines is 1. The molecule has 1 aromatic rings. The number of nitrogens with one attached hydrogen (secondary N) is 1. The molecule has 1 amide bonds. The quantitative estimate of drug-likeness (QED) is 0.735. The largest absolute Gasteiger partial charge is 0.389 e. The van der Waals surface area contributed by atoms with Crippen LogP contribution in [0.4, 0.5) is 5.95 Å². The van der Waals surface area contributed by atoms with Crippen LogP contribution < -0.4 is 10.2 Å². The van der Waals surface area contributed by atoms with Crippen molar-refractivity contribution in [2.45, 2.75) is 25.0 Å². The summed E-state index contributed by atoms with van der Waals surface area (Å²) in [6, 6.07) is 1.47. The van der Waals surface area contributed by atoms with Gasteiger partial charge in [0.1, 0.15) is 6.04 Å². The SMILES string of the molecule is COCC(O)CNC(=O)C1CCCN1c1ncccn1.